The molecule has 0 saturated heterocycles. The number of amides is 2. The molecule has 2 aromatic heterocycles. The predicted molar refractivity (Wildman–Crippen MR) is 111 cm³/mol. The number of furan rings is 1. The average Bonchev–Trinajstić information content (AvgIpc) is 3.36. The number of nitriles is 1. The maximum Gasteiger partial charge on any atom is 0.409 e. The standard InChI is InChI=1S/C21H23N3O4S/c1-3-24(2)21(26)28-13-14-6-8-16-17(12-22)20(29-18(16)11-14)23-19(25)9-7-15-5-4-10-27-15/h4-5,7,9-10,14H,3,6,8,11,13H2,1-2H3,(H,23,25)/b9-7+. The Morgan fingerprint density at radius 3 is 3.03 bits per heavy atom. The van der Waals surface area contributed by atoms with Gasteiger partial charge in [0.1, 0.15) is 16.8 Å². The predicted octanol–water partition coefficient (Wildman–Crippen LogP) is 4.06. The Balaban J connectivity index is 1.64. The van der Waals surface area contributed by atoms with Crippen LogP contribution >= 0.6 is 11.3 Å². The van der Waals surface area contributed by atoms with Gasteiger partial charge < -0.3 is 19.4 Å². The van der Waals surface area contributed by atoms with Crippen LogP contribution in [0, 0.1) is 17.2 Å². The van der Waals surface area contributed by atoms with Gasteiger partial charge in [-0.2, -0.15) is 5.26 Å². The number of nitrogens with one attached hydrogen (secondary N) is 1. The van der Waals surface area contributed by atoms with Gasteiger partial charge in [-0.25, -0.2) is 4.79 Å². The summed E-state index contributed by atoms with van der Waals surface area (Å²) in [4.78, 5) is 26.7. The number of carbonyl (C=O) groups is 2. The lowest BCUT2D eigenvalue weighted by Gasteiger charge is -2.23. The van der Waals surface area contributed by atoms with Crippen molar-refractivity contribution in [2.75, 3.05) is 25.5 Å². The first-order chi connectivity index (χ1) is 14.0. The molecule has 1 unspecified atom stereocenters. The van der Waals surface area contributed by atoms with Gasteiger partial charge in [0.25, 0.3) is 0 Å². The molecule has 0 fully saturated rings. The van der Waals surface area contributed by atoms with E-state index in [9.17, 15) is 14.9 Å². The second-order valence-electron chi connectivity index (χ2n) is 6.86. The van der Waals surface area contributed by atoms with E-state index in [1.807, 2.05) is 6.92 Å². The fourth-order valence-electron chi connectivity index (χ4n) is 3.13. The topological polar surface area (TPSA) is 95.6 Å². The van der Waals surface area contributed by atoms with Crippen LogP contribution in [0.3, 0.4) is 0 Å². The number of rotatable bonds is 6. The van der Waals surface area contributed by atoms with Crippen LogP contribution in [0.1, 0.15) is 35.1 Å². The lowest BCUT2D eigenvalue weighted by Crippen LogP contribution is -2.29. The summed E-state index contributed by atoms with van der Waals surface area (Å²) in [5.74, 6) is 0.478. The van der Waals surface area contributed by atoms with Crippen LogP contribution < -0.4 is 5.32 Å². The number of fused-ring (bicyclic) bond motifs is 1. The lowest BCUT2D eigenvalue weighted by molar-refractivity contribution is -0.111. The SMILES string of the molecule is CCN(C)C(=O)OCC1CCc2c(sc(NC(=O)/C=C/c3ccco3)c2C#N)C1. The van der Waals surface area contributed by atoms with E-state index in [0.29, 0.717) is 29.5 Å². The summed E-state index contributed by atoms with van der Waals surface area (Å²) in [6, 6.07) is 5.72. The van der Waals surface area contributed by atoms with Crippen molar-refractivity contribution in [1.82, 2.24) is 4.90 Å². The van der Waals surface area contributed by atoms with Gasteiger partial charge in [0.15, 0.2) is 0 Å². The van der Waals surface area contributed by atoms with E-state index in [1.54, 1.807) is 25.3 Å². The van der Waals surface area contributed by atoms with E-state index >= 15 is 0 Å². The summed E-state index contributed by atoms with van der Waals surface area (Å²) in [6.45, 7) is 2.85. The fraction of sp³-hybridized carbons (Fsp3) is 0.381. The number of hydrogen-bond donors (Lipinski definition) is 1. The van der Waals surface area contributed by atoms with Gasteiger partial charge in [0.05, 0.1) is 18.4 Å². The zero-order valence-corrected chi connectivity index (χ0v) is 17.3. The molecule has 0 bridgehead atoms. The first-order valence-corrected chi connectivity index (χ1v) is 10.3. The van der Waals surface area contributed by atoms with E-state index in [2.05, 4.69) is 11.4 Å². The Bertz CT molecular complexity index is 940. The minimum atomic E-state index is -0.321. The molecule has 29 heavy (non-hydrogen) atoms. The summed E-state index contributed by atoms with van der Waals surface area (Å²) in [6.07, 6.45) is 6.48. The molecular weight excluding hydrogens is 390 g/mol. The van der Waals surface area contributed by atoms with Gasteiger partial charge in [-0.05, 0) is 55.9 Å². The van der Waals surface area contributed by atoms with Crippen LogP contribution in [0.2, 0.25) is 0 Å². The Morgan fingerprint density at radius 1 is 1.52 bits per heavy atom. The van der Waals surface area contributed by atoms with Crippen LogP contribution in [0.4, 0.5) is 9.80 Å². The molecule has 2 heterocycles. The summed E-state index contributed by atoms with van der Waals surface area (Å²) >= 11 is 1.42. The molecule has 7 nitrogen and oxygen atoms in total. The highest BCUT2D eigenvalue weighted by Crippen LogP contribution is 2.39. The van der Waals surface area contributed by atoms with E-state index in [0.717, 1.165) is 29.7 Å². The zero-order chi connectivity index (χ0) is 20.8. The Hall–Kier alpha value is -3.05. The summed E-state index contributed by atoms with van der Waals surface area (Å²) in [5.41, 5.74) is 1.53. The van der Waals surface area contributed by atoms with Crippen LogP contribution in [-0.4, -0.2) is 37.1 Å². The van der Waals surface area contributed by atoms with Crippen molar-refractivity contribution in [3.05, 3.63) is 46.2 Å². The Kier molecular flexibility index (Phi) is 6.73. The summed E-state index contributed by atoms with van der Waals surface area (Å²) in [7, 11) is 1.70. The van der Waals surface area contributed by atoms with Gasteiger partial charge in [-0.15, -0.1) is 11.3 Å². The second kappa shape index (κ2) is 9.43. The van der Waals surface area contributed by atoms with Gasteiger partial charge in [0, 0.05) is 24.5 Å². The molecule has 2 aromatic rings. The van der Waals surface area contributed by atoms with Crippen molar-refractivity contribution in [3.63, 3.8) is 0 Å². The molecule has 1 N–H and O–H groups in total. The van der Waals surface area contributed by atoms with Crippen molar-refractivity contribution in [2.24, 2.45) is 5.92 Å². The molecule has 1 aliphatic rings. The zero-order valence-electron chi connectivity index (χ0n) is 16.4. The van der Waals surface area contributed by atoms with Gasteiger partial charge in [-0.1, -0.05) is 0 Å². The van der Waals surface area contributed by atoms with Crippen LogP contribution in [0.5, 0.6) is 0 Å². The number of thiophene rings is 1. The molecule has 0 saturated carbocycles. The van der Waals surface area contributed by atoms with Crippen LogP contribution in [0.15, 0.2) is 28.9 Å². The normalized spacial score (nSPS) is 15.6. The van der Waals surface area contributed by atoms with Crippen molar-refractivity contribution in [1.29, 1.82) is 5.26 Å². The molecule has 1 aliphatic carbocycles. The molecule has 0 aromatic carbocycles. The average molecular weight is 413 g/mol. The lowest BCUT2D eigenvalue weighted by atomic mass is 9.88. The number of nitrogens with zero attached hydrogens (tertiary/aromatic N) is 2. The molecule has 1 atom stereocenters. The minimum Gasteiger partial charge on any atom is -0.465 e. The van der Waals surface area contributed by atoms with Gasteiger partial charge >= 0.3 is 6.09 Å². The first-order valence-electron chi connectivity index (χ1n) is 9.46. The first kappa shape index (κ1) is 20.7. The van der Waals surface area contributed by atoms with Gasteiger partial charge in [-0.3, -0.25) is 4.79 Å². The Morgan fingerprint density at radius 2 is 2.34 bits per heavy atom. The maximum absolute atomic E-state index is 12.2. The molecule has 0 radical (unpaired) electrons. The maximum atomic E-state index is 12.2. The van der Waals surface area contributed by atoms with E-state index in [-0.39, 0.29) is 17.9 Å². The highest BCUT2D eigenvalue weighted by molar-refractivity contribution is 7.16. The molecular formula is C21H23N3O4S. The number of carbonyl (C=O) groups excluding carboxylic acids is 2. The smallest absolute Gasteiger partial charge is 0.409 e. The molecule has 0 aliphatic heterocycles. The number of anilines is 1. The fourth-order valence-corrected chi connectivity index (χ4v) is 4.44. The Labute approximate surface area is 173 Å². The van der Waals surface area contributed by atoms with Crippen LogP contribution in [-0.2, 0) is 22.4 Å². The summed E-state index contributed by atoms with van der Waals surface area (Å²) in [5, 5.41) is 13.0. The molecule has 152 valence electrons. The third-order valence-corrected chi connectivity index (χ3v) is 6.06. The molecule has 8 heteroatoms. The largest absolute Gasteiger partial charge is 0.465 e. The van der Waals surface area contributed by atoms with Crippen molar-refractivity contribution >= 4 is 34.4 Å². The third-order valence-electron chi connectivity index (χ3n) is 4.89. The second-order valence-corrected chi connectivity index (χ2v) is 7.96. The quantitative estimate of drug-likeness (QED) is 0.721. The highest BCUT2D eigenvalue weighted by atomic mass is 32.1. The molecule has 0 spiro atoms. The van der Waals surface area contributed by atoms with E-state index in [4.69, 9.17) is 9.15 Å². The van der Waals surface area contributed by atoms with Crippen molar-refractivity contribution < 1.29 is 18.7 Å². The number of hydrogen-bond acceptors (Lipinski definition) is 6. The third kappa shape index (κ3) is 5.06. The van der Waals surface area contributed by atoms with Gasteiger partial charge in [0.2, 0.25) is 5.91 Å². The van der Waals surface area contributed by atoms with Crippen molar-refractivity contribution in [3.8, 4) is 6.07 Å². The molecule has 2 amide bonds. The highest BCUT2D eigenvalue weighted by Gasteiger charge is 2.27. The van der Waals surface area contributed by atoms with E-state index in [1.165, 1.54) is 28.6 Å². The van der Waals surface area contributed by atoms with Crippen molar-refractivity contribution in [2.45, 2.75) is 26.2 Å². The number of ether oxygens (including phenoxy) is 1. The summed E-state index contributed by atoms with van der Waals surface area (Å²) < 4.78 is 10.5. The minimum absolute atomic E-state index is 0.212. The van der Waals surface area contributed by atoms with Crippen LogP contribution in [0.25, 0.3) is 6.08 Å². The monoisotopic (exact) mass is 413 g/mol. The van der Waals surface area contributed by atoms with E-state index < -0.39 is 0 Å². The molecule has 3 rings (SSSR count).